The first kappa shape index (κ1) is 14.4. The first-order valence-electron chi connectivity index (χ1n) is 7.87. The largest absolute Gasteiger partial charge is 0.391 e. The van der Waals surface area contributed by atoms with E-state index in [1.54, 1.807) is 11.9 Å². The smallest absolute Gasteiger partial charge is 0.317 e. The second-order valence-electron chi connectivity index (χ2n) is 6.48. The fraction of sp³-hybridized carbons (Fsp3) is 0.588. The van der Waals surface area contributed by atoms with Crippen LogP contribution in [-0.2, 0) is 0 Å². The summed E-state index contributed by atoms with van der Waals surface area (Å²) in [7, 11) is 1.75. The van der Waals surface area contributed by atoms with E-state index < -0.39 is 0 Å². The molecule has 0 aliphatic heterocycles. The number of rotatable bonds is 6. The minimum atomic E-state index is -0.362. The van der Waals surface area contributed by atoms with Gasteiger partial charge in [-0.25, -0.2) is 4.79 Å². The van der Waals surface area contributed by atoms with Gasteiger partial charge in [0.25, 0.3) is 0 Å². The van der Waals surface area contributed by atoms with Gasteiger partial charge in [0.05, 0.1) is 6.10 Å². The SMILES string of the molecule is CN(CC(O)C1CC1)C(=O)NCC1CC1c1ccccc1. The quantitative estimate of drug-likeness (QED) is 0.843. The van der Waals surface area contributed by atoms with Crippen LogP contribution in [0.25, 0.3) is 0 Å². The molecule has 0 spiro atoms. The second-order valence-corrected chi connectivity index (χ2v) is 6.48. The van der Waals surface area contributed by atoms with Crippen LogP contribution in [0.3, 0.4) is 0 Å². The fourth-order valence-electron chi connectivity index (χ4n) is 2.93. The van der Waals surface area contributed by atoms with Crippen molar-refractivity contribution in [1.29, 1.82) is 0 Å². The van der Waals surface area contributed by atoms with Crippen LogP contribution in [-0.4, -0.2) is 42.3 Å². The van der Waals surface area contributed by atoms with E-state index in [1.807, 2.05) is 6.07 Å². The van der Waals surface area contributed by atoms with Crippen LogP contribution in [0.5, 0.6) is 0 Å². The van der Waals surface area contributed by atoms with Crippen molar-refractivity contribution in [3.63, 3.8) is 0 Å². The molecule has 0 heterocycles. The van der Waals surface area contributed by atoms with Gasteiger partial charge in [0.1, 0.15) is 0 Å². The number of amides is 2. The van der Waals surface area contributed by atoms with E-state index in [2.05, 4.69) is 29.6 Å². The summed E-state index contributed by atoms with van der Waals surface area (Å²) in [5, 5.41) is 12.9. The number of urea groups is 1. The molecule has 0 aromatic heterocycles. The molecular formula is C17H24N2O2. The summed E-state index contributed by atoms with van der Waals surface area (Å²) in [6, 6.07) is 10.4. The lowest BCUT2D eigenvalue weighted by Crippen LogP contribution is -2.42. The van der Waals surface area contributed by atoms with Crippen LogP contribution in [0.15, 0.2) is 30.3 Å². The van der Waals surface area contributed by atoms with Crippen LogP contribution in [0.2, 0.25) is 0 Å². The molecule has 4 heteroatoms. The molecule has 2 N–H and O–H groups in total. The van der Waals surface area contributed by atoms with Crippen molar-refractivity contribution >= 4 is 6.03 Å². The number of aliphatic hydroxyl groups is 1. The normalized spacial score (nSPS) is 25.2. The third-order valence-electron chi connectivity index (χ3n) is 4.64. The van der Waals surface area contributed by atoms with Gasteiger partial charge in [0, 0.05) is 20.1 Å². The summed E-state index contributed by atoms with van der Waals surface area (Å²) < 4.78 is 0. The third-order valence-corrected chi connectivity index (χ3v) is 4.64. The van der Waals surface area contributed by atoms with Crippen molar-refractivity contribution in [3.05, 3.63) is 35.9 Å². The Labute approximate surface area is 126 Å². The van der Waals surface area contributed by atoms with Gasteiger partial charge >= 0.3 is 6.03 Å². The average molecular weight is 288 g/mol. The van der Waals surface area contributed by atoms with E-state index >= 15 is 0 Å². The maximum absolute atomic E-state index is 12.0. The Morgan fingerprint density at radius 2 is 2.10 bits per heavy atom. The average Bonchev–Trinajstić information content (AvgIpc) is 3.39. The molecule has 1 aromatic carbocycles. The highest BCUT2D eigenvalue weighted by Crippen LogP contribution is 2.46. The number of hydrogen-bond donors (Lipinski definition) is 2. The van der Waals surface area contributed by atoms with Gasteiger partial charge in [0.15, 0.2) is 0 Å². The molecule has 3 rings (SSSR count). The van der Waals surface area contributed by atoms with Gasteiger partial charge in [-0.05, 0) is 42.6 Å². The molecular weight excluding hydrogens is 264 g/mol. The highest BCUT2D eigenvalue weighted by atomic mass is 16.3. The van der Waals surface area contributed by atoms with Gasteiger partial charge in [0.2, 0.25) is 0 Å². The van der Waals surface area contributed by atoms with Crippen LogP contribution in [0.4, 0.5) is 4.79 Å². The molecule has 21 heavy (non-hydrogen) atoms. The molecule has 3 atom stereocenters. The molecule has 4 nitrogen and oxygen atoms in total. The first-order chi connectivity index (χ1) is 10.1. The molecule has 2 fully saturated rings. The number of carbonyl (C=O) groups is 1. The number of likely N-dealkylation sites (N-methyl/N-ethyl adjacent to an activating group) is 1. The lowest BCUT2D eigenvalue weighted by atomic mass is 10.1. The summed E-state index contributed by atoms with van der Waals surface area (Å²) in [5.41, 5.74) is 1.37. The zero-order valence-corrected chi connectivity index (χ0v) is 12.5. The van der Waals surface area contributed by atoms with E-state index in [0.29, 0.717) is 24.3 Å². The standard InChI is InChI=1S/C17H24N2O2/c1-19(11-16(20)13-7-8-13)17(21)18-10-14-9-15(14)12-5-3-2-4-6-12/h2-6,13-16,20H,7-11H2,1H3,(H,18,21). The molecule has 2 saturated carbocycles. The minimum absolute atomic E-state index is 0.0755. The Kier molecular flexibility index (Phi) is 4.15. The Bertz CT molecular complexity index is 487. The molecule has 2 aliphatic rings. The molecule has 0 radical (unpaired) electrons. The molecule has 3 unspecified atom stereocenters. The molecule has 114 valence electrons. The van der Waals surface area contributed by atoms with E-state index in [0.717, 1.165) is 25.8 Å². The predicted molar refractivity (Wildman–Crippen MR) is 82.0 cm³/mol. The number of aliphatic hydroxyl groups excluding tert-OH is 1. The number of nitrogens with one attached hydrogen (secondary N) is 1. The van der Waals surface area contributed by atoms with Gasteiger partial charge < -0.3 is 15.3 Å². The van der Waals surface area contributed by atoms with Crippen molar-refractivity contribution in [2.45, 2.75) is 31.3 Å². The van der Waals surface area contributed by atoms with Crippen molar-refractivity contribution in [3.8, 4) is 0 Å². The zero-order chi connectivity index (χ0) is 14.8. The van der Waals surface area contributed by atoms with E-state index in [9.17, 15) is 9.90 Å². The molecule has 1 aromatic rings. The molecule has 2 amide bonds. The molecule has 0 bridgehead atoms. The summed E-state index contributed by atoms with van der Waals surface area (Å²) in [4.78, 5) is 13.6. The van der Waals surface area contributed by atoms with Gasteiger partial charge in [-0.2, -0.15) is 0 Å². The van der Waals surface area contributed by atoms with E-state index in [1.165, 1.54) is 5.56 Å². The predicted octanol–water partition coefficient (Wildman–Crippen LogP) is 2.20. The van der Waals surface area contributed by atoms with Gasteiger partial charge in [-0.1, -0.05) is 30.3 Å². The molecule has 0 saturated heterocycles. The zero-order valence-electron chi connectivity index (χ0n) is 12.5. The van der Waals surface area contributed by atoms with Gasteiger partial charge in [-0.3, -0.25) is 0 Å². The van der Waals surface area contributed by atoms with Crippen molar-refractivity contribution in [2.24, 2.45) is 11.8 Å². The lowest BCUT2D eigenvalue weighted by molar-refractivity contribution is 0.113. The number of benzene rings is 1. The first-order valence-corrected chi connectivity index (χ1v) is 7.87. The summed E-state index contributed by atoms with van der Waals surface area (Å²) in [6.07, 6.45) is 2.98. The number of carbonyl (C=O) groups excluding carboxylic acids is 1. The third kappa shape index (κ3) is 3.76. The fourth-order valence-corrected chi connectivity index (χ4v) is 2.93. The Balaban J connectivity index is 1.38. The maximum Gasteiger partial charge on any atom is 0.317 e. The minimum Gasteiger partial charge on any atom is -0.391 e. The van der Waals surface area contributed by atoms with Crippen LogP contribution < -0.4 is 5.32 Å². The topological polar surface area (TPSA) is 52.6 Å². The van der Waals surface area contributed by atoms with E-state index in [-0.39, 0.29) is 12.1 Å². The van der Waals surface area contributed by atoms with E-state index in [4.69, 9.17) is 0 Å². The number of hydrogen-bond acceptors (Lipinski definition) is 2. The second kappa shape index (κ2) is 6.06. The summed E-state index contributed by atoms with van der Waals surface area (Å²) in [6.45, 7) is 1.16. The van der Waals surface area contributed by atoms with Gasteiger partial charge in [-0.15, -0.1) is 0 Å². The molecule has 2 aliphatic carbocycles. The van der Waals surface area contributed by atoms with Crippen molar-refractivity contribution in [2.75, 3.05) is 20.1 Å². The Morgan fingerprint density at radius 1 is 1.38 bits per heavy atom. The highest BCUT2D eigenvalue weighted by Gasteiger charge is 2.38. The number of nitrogens with zero attached hydrogens (tertiary/aromatic N) is 1. The Morgan fingerprint density at radius 3 is 2.76 bits per heavy atom. The van der Waals surface area contributed by atoms with Crippen LogP contribution >= 0.6 is 0 Å². The maximum atomic E-state index is 12.0. The van der Waals surface area contributed by atoms with Crippen LogP contribution in [0, 0.1) is 11.8 Å². The summed E-state index contributed by atoms with van der Waals surface area (Å²) in [5.74, 6) is 1.55. The lowest BCUT2D eigenvalue weighted by Gasteiger charge is -2.21. The van der Waals surface area contributed by atoms with Crippen molar-refractivity contribution < 1.29 is 9.90 Å². The highest BCUT2D eigenvalue weighted by molar-refractivity contribution is 5.73. The van der Waals surface area contributed by atoms with Crippen LogP contribution in [0.1, 0.15) is 30.7 Å². The van der Waals surface area contributed by atoms with Crippen molar-refractivity contribution in [1.82, 2.24) is 10.2 Å². The monoisotopic (exact) mass is 288 g/mol. The Hall–Kier alpha value is -1.55. The summed E-state index contributed by atoms with van der Waals surface area (Å²) >= 11 is 0.